The Morgan fingerprint density at radius 2 is 0.776 bits per heavy atom. The van der Waals surface area contributed by atoms with E-state index < -0.39 is 0 Å². The number of benzene rings is 4. The van der Waals surface area contributed by atoms with E-state index in [0.717, 1.165) is 143 Å². The number of quaternary nitrogens is 1. The van der Waals surface area contributed by atoms with Crippen molar-refractivity contribution in [3.63, 3.8) is 0 Å². The van der Waals surface area contributed by atoms with Crippen molar-refractivity contribution in [2.45, 2.75) is 12.8 Å². The number of aromatic amines is 2. The van der Waals surface area contributed by atoms with E-state index in [9.17, 15) is 0 Å². The zero-order valence-electron chi connectivity index (χ0n) is 39.5. The number of hydrogen-bond donors (Lipinski definition) is 2. The van der Waals surface area contributed by atoms with E-state index in [1.807, 2.05) is 36.4 Å². The molecule has 0 unspecified atom stereocenters. The molecule has 10 nitrogen and oxygen atoms in total. The van der Waals surface area contributed by atoms with Crippen LogP contribution in [-0.2, 0) is 0 Å². The van der Waals surface area contributed by atoms with Gasteiger partial charge in [-0.25, -0.2) is 9.97 Å². The molecule has 0 saturated carbocycles. The molecule has 0 fully saturated rings. The number of ether oxygens (including phenoxy) is 4. The second kappa shape index (κ2) is 19.6. The predicted molar refractivity (Wildman–Crippen MR) is 275 cm³/mol. The van der Waals surface area contributed by atoms with Crippen LogP contribution in [0, 0.1) is 0 Å². The molecule has 3 aromatic heterocycles. The second-order valence-corrected chi connectivity index (χ2v) is 18.0. The number of methoxy groups -OCH3 is 3. The number of hydrogen-bond acceptors (Lipinski definition) is 7. The molecule has 2 aliphatic heterocycles. The summed E-state index contributed by atoms with van der Waals surface area (Å²) in [6.45, 7) is 3.95. The van der Waals surface area contributed by atoms with Crippen LogP contribution >= 0.6 is 0 Å². The van der Waals surface area contributed by atoms with Crippen LogP contribution in [0.15, 0.2) is 121 Å². The number of nitrogens with one attached hydrogen (secondary N) is 2. The maximum absolute atomic E-state index is 6.34. The number of nitrogens with zero attached hydrogens (tertiary/aromatic N) is 4. The second-order valence-electron chi connectivity index (χ2n) is 18.0. The van der Waals surface area contributed by atoms with E-state index in [4.69, 9.17) is 28.9 Å². The van der Waals surface area contributed by atoms with Crippen LogP contribution in [0.25, 0.3) is 90.9 Å². The molecular weight excluding hydrogens is 833 g/mol. The van der Waals surface area contributed by atoms with Crippen LogP contribution in [0.5, 0.6) is 23.0 Å². The Morgan fingerprint density at radius 1 is 0.433 bits per heavy atom. The van der Waals surface area contributed by atoms with Crippen LogP contribution in [0.1, 0.15) is 35.6 Å². The average molecular weight is 892 g/mol. The van der Waals surface area contributed by atoms with E-state index in [1.54, 1.807) is 21.3 Å². The van der Waals surface area contributed by atoms with Gasteiger partial charge in [0.05, 0.1) is 77.9 Å². The van der Waals surface area contributed by atoms with Gasteiger partial charge in [0.25, 0.3) is 0 Å². The number of fused-ring (bicyclic) bond motifs is 8. The van der Waals surface area contributed by atoms with Crippen LogP contribution < -0.4 is 18.9 Å². The normalized spacial score (nSPS) is 12.2. The first kappa shape index (κ1) is 44.8. The van der Waals surface area contributed by atoms with E-state index in [1.165, 1.54) is 6.42 Å². The molecule has 5 heterocycles. The Labute approximate surface area is 393 Å². The lowest BCUT2D eigenvalue weighted by Gasteiger charge is -2.30. The molecule has 0 spiro atoms. The zero-order valence-corrected chi connectivity index (χ0v) is 39.5. The molecule has 9 rings (SSSR count). The smallest absolute Gasteiger partial charge is 0.119 e. The molecule has 0 amide bonds. The monoisotopic (exact) mass is 891 g/mol. The van der Waals surface area contributed by atoms with Crippen molar-refractivity contribution in [2.24, 2.45) is 0 Å². The van der Waals surface area contributed by atoms with Gasteiger partial charge in [-0.1, -0.05) is 48.5 Å². The van der Waals surface area contributed by atoms with Gasteiger partial charge in [0, 0.05) is 63.7 Å². The van der Waals surface area contributed by atoms with Crippen LogP contribution in [0.2, 0.25) is 0 Å². The molecule has 10 heteroatoms. The highest BCUT2D eigenvalue weighted by atomic mass is 16.5. The molecular formula is C57H59N6O4+. The molecule has 0 saturated heterocycles. The minimum Gasteiger partial charge on any atom is -0.497 e. The SMILES string of the molecule is COc1ccc(-c2c3nc(c(-c4ccc(OCCC[N+](C)(C)CCCN(C)C)cc4)c4nc(c(-c5ccc(OC)cc5)c5ccc([nH]5)c(-c5ccc(OC)cc5)c5ccc2[nH]5)C=C4)C=C3)cc1. The van der Waals surface area contributed by atoms with Crippen molar-refractivity contribution in [1.82, 2.24) is 24.8 Å². The highest BCUT2D eigenvalue weighted by Crippen LogP contribution is 2.39. The Balaban J connectivity index is 1.23. The molecule has 4 aromatic carbocycles. The highest BCUT2D eigenvalue weighted by molar-refractivity contribution is 6.00. The Kier molecular flexibility index (Phi) is 13.1. The first-order chi connectivity index (χ1) is 32.6. The Morgan fingerprint density at radius 3 is 1.18 bits per heavy atom. The number of H-pyrrole nitrogens is 2. The zero-order chi connectivity index (χ0) is 46.5. The van der Waals surface area contributed by atoms with Gasteiger partial charge in [-0.15, -0.1) is 0 Å². The van der Waals surface area contributed by atoms with Crippen molar-refractivity contribution < 1.29 is 23.4 Å². The molecule has 8 bridgehead atoms. The lowest BCUT2D eigenvalue weighted by molar-refractivity contribution is -0.890. The molecule has 67 heavy (non-hydrogen) atoms. The van der Waals surface area contributed by atoms with Gasteiger partial charge in [0.2, 0.25) is 0 Å². The van der Waals surface area contributed by atoms with E-state index in [2.05, 4.69) is 152 Å². The molecule has 2 N–H and O–H groups in total. The van der Waals surface area contributed by atoms with Gasteiger partial charge < -0.3 is 38.3 Å². The summed E-state index contributed by atoms with van der Waals surface area (Å²) in [5.74, 6) is 3.19. The van der Waals surface area contributed by atoms with Crippen molar-refractivity contribution in [2.75, 3.05) is 75.8 Å². The fourth-order valence-electron chi connectivity index (χ4n) is 9.02. The van der Waals surface area contributed by atoms with Crippen LogP contribution in [0.3, 0.4) is 0 Å². The van der Waals surface area contributed by atoms with E-state index in [0.29, 0.717) is 6.61 Å². The third kappa shape index (κ3) is 9.92. The summed E-state index contributed by atoms with van der Waals surface area (Å²) < 4.78 is 24.0. The van der Waals surface area contributed by atoms with Crippen molar-refractivity contribution in [1.29, 1.82) is 0 Å². The summed E-state index contributed by atoms with van der Waals surface area (Å²) >= 11 is 0. The summed E-state index contributed by atoms with van der Waals surface area (Å²) in [5.41, 5.74) is 14.9. The first-order valence-corrected chi connectivity index (χ1v) is 22.9. The van der Waals surface area contributed by atoms with Crippen molar-refractivity contribution >= 4 is 46.4 Å². The maximum Gasteiger partial charge on any atom is 0.119 e. The average Bonchev–Trinajstić information content (AvgIpc) is 4.20. The number of rotatable bonds is 16. The van der Waals surface area contributed by atoms with Gasteiger partial charge in [0.1, 0.15) is 23.0 Å². The van der Waals surface area contributed by atoms with Gasteiger partial charge >= 0.3 is 0 Å². The quantitative estimate of drug-likeness (QED) is 0.0736. The minimum atomic E-state index is 0.654. The van der Waals surface area contributed by atoms with Crippen molar-refractivity contribution in [3.05, 3.63) is 144 Å². The standard InChI is InChI=1S/C57H59N6O4/c1-62(2)34-8-35-63(3,4)36-9-37-67-45-24-16-41(17-25-45)57-52-32-30-50(60-52)55(39-12-20-43(65-6)21-13-39)48-28-26-46(58-48)54(38-10-18-42(64-5)19-11-38)47-27-29-49(59-47)56(51-31-33-53(57)61-51)40-14-22-44(66-7)23-15-40/h10-33,58-59H,8-9,34-37H2,1-7H3/q+1. The summed E-state index contributed by atoms with van der Waals surface area (Å²) in [4.78, 5) is 20.8. The summed E-state index contributed by atoms with van der Waals surface area (Å²) in [6, 6.07) is 41.4. The third-order valence-corrected chi connectivity index (χ3v) is 12.6. The topological polar surface area (TPSA) is 97.5 Å². The lowest BCUT2D eigenvalue weighted by Crippen LogP contribution is -2.42. The van der Waals surface area contributed by atoms with E-state index in [-0.39, 0.29) is 0 Å². The predicted octanol–water partition coefficient (Wildman–Crippen LogP) is 12.1. The Hall–Kier alpha value is -7.40. The lowest BCUT2D eigenvalue weighted by atomic mass is 10.0. The fourth-order valence-corrected chi connectivity index (χ4v) is 9.02. The first-order valence-electron chi connectivity index (χ1n) is 22.9. The molecule has 0 radical (unpaired) electrons. The molecule has 0 atom stereocenters. The van der Waals surface area contributed by atoms with Gasteiger partial charge in [-0.3, -0.25) is 0 Å². The van der Waals surface area contributed by atoms with E-state index >= 15 is 0 Å². The van der Waals surface area contributed by atoms with Crippen LogP contribution in [-0.4, -0.2) is 105 Å². The molecule has 2 aliphatic rings. The molecule has 7 aromatic rings. The van der Waals surface area contributed by atoms with Gasteiger partial charge in [0.15, 0.2) is 0 Å². The molecule has 340 valence electrons. The summed E-state index contributed by atoms with van der Waals surface area (Å²) in [6.07, 6.45) is 10.6. The van der Waals surface area contributed by atoms with Crippen LogP contribution in [0.4, 0.5) is 0 Å². The summed E-state index contributed by atoms with van der Waals surface area (Å²) in [7, 11) is 13.9. The maximum atomic E-state index is 6.34. The van der Waals surface area contributed by atoms with Gasteiger partial charge in [-0.05, 0) is 133 Å². The largest absolute Gasteiger partial charge is 0.497 e. The third-order valence-electron chi connectivity index (χ3n) is 12.6. The molecule has 0 aliphatic carbocycles. The van der Waals surface area contributed by atoms with Crippen molar-refractivity contribution in [3.8, 4) is 67.5 Å². The highest BCUT2D eigenvalue weighted by Gasteiger charge is 2.21. The Bertz CT molecular complexity index is 2940. The van der Waals surface area contributed by atoms with Gasteiger partial charge in [-0.2, -0.15) is 0 Å². The fraction of sp³-hybridized carbons (Fsp3) is 0.228. The summed E-state index contributed by atoms with van der Waals surface area (Å²) in [5, 5.41) is 0. The number of aromatic nitrogens is 4. The minimum absolute atomic E-state index is 0.654.